The lowest BCUT2D eigenvalue weighted by molar-refractivity contribution is -0.130. The van der Waals surface area contributed by atoms with Gasteiger partial charge in [0, 0.05) is 5.41 Å². The number of primary amides is 1. The Labute approximate surface area is 77.1 Å². The highest BCUT2D eigenvalue weighted by molar-refractivity contribution is 5.96. The van der Waals surface area contributed by atoms with E-state index < -0.39 is 11.4 Å². The van der Waals surface area contributed by atoms with Gasteiger partial charge >= 0.3 is 6.03 Å². The van der Waals surface area contributed by atoms with Gasteiger partial charge in [0.15, 0.2) is 0 Å². The van der Waals surface area contributed by atoms with Crippen molar-refractivity contribution < 1.29 is 9.59 Å². The molecule has 0 aromatic rings. The van der Waals surface area contributed by atoms with Crippen molar-refractivity contribution in [1.29, 1.82) is 0 Å². The summed E-state index contributed by atoms with van der Waals surface area (Å²) in [6.45, 7) is 3.47. The fourth-order valence-electron chi connectivity index (χ4n) is 1.47. The van der Waals surface area contributed by atoms with E-state index in [2.05, 4.69) is 10.6 Å². The van der Waals surface area contributed by atoms with Crippen molar-refractivity contribution in [2.24, 2.45) is 11.1 Å². The number of imide groups is 1. The number of carbonyl (C=O) groups is 2. The zero-order chi connectivity index (χ0) is 9.90. The molecule has 74 valence electrons. The minimum absolute atomic E-state index is 0.262. The Morgan fingerprint density at radius 2 is 1.92 bits per heavy atom. The van der Waals surface area contributed by atoms with Crippen LogP contribution in [0.5, 0.6) is 0 Å². The van der Waals surface area contributed by atoms with Gasteiger partial charge in [0.25, 0.3) is 0 Å². The van der Waals surface area contributed by atoms with Crippen LogP contribution in [0.25, 0.3) is 0 Å². The molecule has 0 spiro atoms. The third-order valence-corrected chi connectivity index (χ3v) is 2.49. The van der Waals surface area contributed by atoms with Crippen LogP contribution in [0, 0.1) is 5.41 Å². The van der Waals surface area contributed by atoms with Gasteiger partial charge in [-0.1, -0.05) is 6.92 Å². The largest absolute Gasteiger partial charge is 0.351 e. The Balaban J connectivity index is 2.56. The van der Waals surface area contributed by atoms with Crippen molar-refractivity contribution in [3.8, 4) is 0 Å². The SMILES string of the molecule is CC1(C(=O)NC(N)=O)CCNCC1. The summed E-state index contributed by atoms with van der Waals surface area (Å²) in [6.07, 6.45) is 1.48. The molecular weight excluding hydrogens is 170 g/mol. The van der Waals surface area contributed by atoms with E-state index in [1.165, 1.54) is 0 Å². The minimum atomic E-state index is -0.773. The van der Waals surface area contributed by atoms with Crippen LogP contribution in [0.15, 0.2) is 0 Å². The molecule has 3 amide bonds. The number of amides is 3. The normalized spacial score (nSPS) is 20.7. The van der Waals surface area contributed by atoms with E-state index >= 15 is 0 Å². The van der Waals surface area contributed by atoms with Crippen molar-refractivity contribution in [2.75, 3.05) is 13.1 Å². The quantitative estimate of drug-likeness (QED) is 0.518. The molecule has 5 nitrogen and oxygen atoms in total. The third-order valence-electron chi connectivity index (χ3n) is 2.49. The van der Waals surface area contributed by atoms with Crippen LogP contribution in [-0.4, -0.2) is 25.0 Å². The standard InChI is InChI=1S/C8H15N3O2/c1-8(2-4-10-5-3-8)6(12)11-7(9)13/h10H,2-5H2,1H3,(H3,9,11,12,13). The molecule has 1 saturated heterocycles. The van der Waals surface area contributed by atoms with Crippen LogP contribution in [0.1, 0.15) is 19.8 Å². The van der Waals surface area contributed by atoms with Gasteiger partial charge in [0.2, 0.25) is 5.91 Å². The summed E-state index contributed by atoms with van der Waals surface area (Å²) in [6, 6.07) is -0.773. The van der Waals surface area contributed by atoms with Crippen molar-refractivity contribution >= 4 is 11.9 Å². The lowest BCUT2D eigenvalue weighted by Crippen LogP contribution is -2.48. The van der Waals surface area contributed by atoms with Gasteiger partial charge in [-0.15, -0.1) is 0 Å². The number of rotatable bonds is 1. The molecule has 0 unspecified atom stereocenters. The summed E-state index contributed by atoms with van der Waals surface area (Å²) in [5.41, 5.74) is 4.43. The van der Waals surface area contributed by atoms with Crippen LogP contribution in [0.4, 0.5) is 4.79 Å². The molecule has 5 heteroatoms. The van der Waals surface area contributed by atoms with E-state index in [1.807, 2.05) is 6.92 Å². The number of urea groups is 1. The first kappa shape index (κ1) is 9.98. The number of piperidine rings is 1. The average molecular weight is 185 g/mol. The smallest absolute Gasteiger partial charge is 0.318 e. The first-order chi connectivity index (χ1) is 6.04. The van der Waals surface area contributed by atoms with Gasteiger partial charge in [0.1, 0.15) is 0 Å². The maximum Gasteiger partial charge on any atom is 0.318 e. The molecule has 4 N–H and O–H groups in total. The van der Waals surface area contributed by atoms with Crippen molar-refractivity contribution in [3.05, 3.63) is 0 Å². The number of nitrogens with two attached hydrogens (primary N) is 1. The lowest BCUT2D eigenvalue weighted by Gasteiger charge is -2.31. The van der Waals surface area contributed by atoms with E-state index in [-0.39, 0.29) is 5.91 Å². The molecule has 0 aromatic heterocycles. The summed E-state index contributed by atoms with van der Waals surface area (Å²) in [5.74, 6) is -0.262. The Morgan fingerprint density at radius 1 is 1.38 bits per heavy atom. The van der Waals surface area contributed by atoms with Crippen molar-refractivity contribution in [2.45, 2.75) is 19.8 Å². The van der Waals surface area contributed by atoms with E-state index in [0.29, 0.717) is 0 Å². The summed E-state index contributed by atoms with van der Waals surface area (Å²) in [4.78, 5) is 22.0. The van der Waals surface area contributed by atoms with E-state index in [4.69, 9.17) is 5.73 Å². The molecule has 0 saturated carbocycles. The second-order valence-electron chi connectivity index (χ2n) is 3.63. The monoisotopic (exact) mass is 185 g/mol. The first-order valence-electron chi connectivity index (χ1n) is 4.36. The highest BCUT2D eigenvalue weighted by atomic mass is 16.2. The molecule has 1 heterocycles. The fraction of sp³-hybridized carbons (Fsp3) is 0.750. The van der Waals surface area contributed by atoms with E-state index in [0.717, 1.165) is 25.9 Å². The van der Waals surface area contributed by atoms with Crippen LogP contribution in [-0.2, 0) is 4.79 Å². The summed E-state index contributed by atoms with van der Waals surface area (Å²) >= 11 is 0. The zero-order valence-electron chi connectivity index (χ0n) is 7.72. The highest BCUT2D eigenvalue weighted by Gasteiger charge is 2.34. The predicted molar refractivity (Wildman–Crippen MR) is 47.9 cm³/mol. The molecule has 0 radical (unpaired) electrons. The molecule has 1 rings (SSSR count). The summed E-state index contributed by atoms with van der Waals surface area (Å²) < 4.78 is 0. The molecular formula is C8H15N3O2. The lowest BCUT2D eigenvalue weighted by atomic mass is 9.80. The minimum Gasteiger partial charge on any atom is -0.351 e. The molecule has 1 fully saturated rings. The van der Waals surface area contributed by atoms with Crippen molar-refractivity contribution in [1.82, 2.24) is 10.6 Å². The van der Waals surface area contributed by atoms with Gasteiger partial charge in [-0.05, 0) is 25.9 Å². The highest BCUT2D eigenvalue weighted by Crippen LogP contribution is 2.27. The number of hydrogen-bond donors (Lipinski definition) is 3. The average Bonchev–Trinajstić information content (AvgIpc) is 2.04. The molecule has 1 aliphatic heterocycles. The summed E-state index contributed by atoms with van der Waals surface area (Å²) in [7, 11) is 0. The Hall–Kier alpha value is -1.10. The molecule has 0 aromatic carbocycles. The first-order valence-corrected chi connectivity index (χ1v) is 4.36. The number of carbonyl (C=O) groups excluding carboxylic acids is 2. The topological polar surface area (TPSA) is 84.2 Å². The molecule has 13 heavy (non-hydrogen) atoms. The van der Waals surface area contributed by atoms with Gasteiger partial charge < -0.3 is 11.1 Å². The van der Waals surface area contributed by atoms with E-state index in [9.17, 15) is 9.59 Å². The number of hydrogen-bond acceptors (Lipinski definition) is 3. The predicted octanol–water partition coefficient (Wildman–Crippen LogP) is -0.429. The molecule has 1 aliphatic rings. The van der Waals surface area contributed by atoms with Crippen LogP contribution < -0.4 is 16.4 Å². The maximum absolute atomic E-state index is 11.5. The Morgan fingerprint density at radius 3 is 2.38 bits per heavy atom. The molecule has 0 aliphatic carbocycles. The Bertz CT molecular complexity index is 221. The molecule has 0 atom stereocenters. The Kier molecular flexibility index (Phi) is 2.87. The maximum atomic E-state index is 11.5. The zero-order valence-corrected chi connectivity index (χ0v) is 7.72. The van der Waals surface area contributed by atoms with Crippen LogP contribution in [0.3, 0.4) is 0 Å². The van der Waals surface area contributed by atoms with Gasteiger partial charge in [-0.3, -0.25) is 10.1 Å². The van der Waals surface area contributed by atoms with Crippen LogP contribution >= 0.6 is 0 Å². The van der Waals surface area contributed by atoms with Gasteiger partial charge in [0.05, 0.1) is 0 Å². The summed E-state index contributed by atoms with van der Waals surface area (Å²) in [5, 5.41) is 5.28. The second kappa shape index (κ2) is 3.74. The van der Waals surface area contributed by atoms with Crippen molar-refractivity contribution in [3.63, 3.8) is 0 Å². The van der Waals surface area contributed by atoms with Crippen LogP contribution in [0.2, 0.25) is 0 Å². The second-order valence-corrected chi connectivity index (χ2v) is 3.63. The van der Waals surface area contributed by atoms with Gasteiger partial charge in [-0.25, -0.2) is 4.79 Å². The molecule has 0 bridgehead atoms. The number of nitrogens with one attached hydrogen (secondary N) is 2. The van der Waals surface area contributed by atoms with Gasteiger partial charge in [-0.2, -0.15) is 0 Å². The fourth-order valence-corrected chi connectivity index (χ4v) is 1.47. The third kappa shape index (κ3) is 2.42. The van der Waals surface area contributed by atoms with E-state index in [1.54, 1.807) is 0 Å².